The molecule has 0 unspecified atom stereocenters. The monoisotopic (exact) mass is 266 g/mol. The molecule has 2 N–H and O–H groups in total. The second-order valence-electron chi connectivity index (χ2n) is 3.82. The minimum Gasteiger partial charge on any atom is -0.367 e. The molecule has 6 nitrogen and oxygen atoms in total. The molecule has 0 aromatic carbocycles. The minimum atomic E-state index is -0.651. The van der Waals surface area contributed by atoms with Crippen LogP contribution in [0.2, 0.25) is 5.02 Å². The number of carbonyl (C=O) groups is 1. The lowest BCUT2D eigenvalue weighted by Crippen LogP contribution is -2.48. The number of ether oxygens (including phenoxy) is 1. The predicted molar refractivity (Wildman–Crippen MR) is 65.1 cm³/mol. The van der Waals surface area contributed by atoms with E-state index >= 15 is 0 Å². The van der Waals surface area contributed by atoms with Crippen molar-refractivity contribution in [2.75, 3.05) is 24.6 Å². The first-order valence-electron chi connectivity index (χ1n) is 5.34. The van der Waals surface area contributed by atoms with Gasteiger partial charge in [-0.05, 0) is 12.1 Å². The highest BCUT2D eigenvalue weighted by Gasteiger charge is 2.25. The Labute approximate surface area is 109 Å². The summed E-state index contributed by atoms with van der Waals surface area (Å²) in [5.74, 6) is 0.0830. The number of hydrogen-bond acceptors (Lipinski definition) is 5. The zero-order valence-corrected chi connectivity index (χ0v) is 10.2. The first kappa shape index (κ1) is 12.6. The number of aromatic nitrogens is 1. The van der Waals surface area contributed by atoms with Gasteiger partial charge >= 0.3 is 0 Å². The summed E-state index contributed by atoms with van der Waals surface area (Å²) in [6.45, 7) is 1.30. The van der Waals surface area contributed by atoms with E-state index in [0.29, 0.717) is 30.5 Å². The number of halogens is 1. The lowest BCUT2D eigenvalue weighted by atomic mass is 10.2. The molecule has 1 fully saturated rings. The molecule has 1 amide bonds. The van der Waals surface area contributed by atoms with E-state index in [4.69, 9.17) is 27.3 Å². The first-order chi connectivity index (χ1) is 8.61. The number of primary amides is 1. The average molecular weight is 267 g/mol. The van der Waals surface area contributed by atoms with Crippen LogP contribution in [0.1, 0.15) is 5.69 Å². The van der Waals surface area contributed by atoms with Crippen molar-refractivity contribution in [2.45, 2.75) is 6.10 Å². The highest BCUT2D eigenvalue weighted by molar-refractivity contribution is 6.31. The van der Waals surface area contributed by atoms with Gasteiger partial charge in [-0.1, -0.05) is 11.6 Å². The molecule has 0 spiro atoms. The Morgan fingerprint density at radius 2 is 2.44 bits per heavy atom. The number of nitrogens with zero attached hydrogens (tertiary/aromatic N) is 3. The smallest absolute Gasteiger partial charge is 0.248 e. The summed E-state index contributed by atoms with van der Waals surface area (Å²) < 4.78 is 5.24. The fourth-order valence-corrected chi connectivity index (χ4v) is 1.86. The van der Waals surface area contributed by atoms with Crippen LogP contribution >= 0.6 is 11.6 Å². The molecule has 1 saturated heterocycles. The Morgan fingerprint density at radius 1 is 1.67 bits per heavy atom. The topological polar surface area (TPSA) is 92.2 Å². The van der Waals surface area contributed by atoms with Crippen molar-refractivity contribution in [1.29, 1.82) is 5.26 Å². The third kappa shape index (κ3) is 2.53. The number of anilines is 1. The van der Waals surface area contributed by atoms with E-state index in [-0.39, 0.29) is 5.69 Å². The maximum atomic E-state index is 11.1. The molecule has 2 heterocycles. The van der Waals surface area contributed by atoms with Gasteiger partial charge in [0.2, 0.25) is 5.91 Å². The van der Waals surface area contributed by atoms with Gasteiger partial charge in [-0.2, -0.15) is 5.26 Å². The van der Waals surface area contributed by atoms with E-state index in [0.717, 1.165) is 0 Å². The van der Waals surface area contributed by atoms with Gasteiger partial charge in [-0.25, -0.2) is 4.98 Å². The van der Waals surface area contributed by atoms with E-state index < -0.39 is 12.0 Å². The van der Waals surface area contributed by atoms with E-state index in [1.165, 1.54) is 0 Å². The number of morpholine rings is 1. The fourth-order valence-electron chi connectivity index (χ4n) is 1.72. The molecule has 1 aromatic heterocycles. The molecule has 0 radical (unpaired) electrons. The molecule has 0 aliphatic carbocycles. The number of nitriles is 1. The second kappa shape index (κ2) is 5.21. The number of rotatable bonds is 2. The molecule has 7 heteroatoms. The summed E-state index contributed by atoms with van der Waals surface area (Å²) in [6, 6.07) is 5.23. The van der Waals surface area contributed by atoms with Gasteiger partial charge in [0.1, 0.15) is 11.9 Å². The summed E-state index contributed by atoms with van der Waals surface area (Å²) in [7, 11) is 0. The maximum absolute atomic E-state index is 11.1. The van der Waals surface area contributed by atoms with Crippen LogP contribution in [0, 0.1) is 11.3 Å². The molecule has 1 atom stereocenters. The SMILES string of the molecule is N#Cc1nc(N2CCO[C@H](C(N)=O)C2)ccc1Cl. The number of pyridine rings is 1. The van der Waals surface area contributed by atoms with Gasteiger partial charge < -0.3 is 15.4 Å². The minimum absolute atomic E-state index is 0.163. The fraction of sp³-hybridized carbons (Fsp3) is 0.364. The van der Waals surface area contributed by atoms with Gasteiger partial charge in [0, 0.05) is 6.54 Å². The van der Waals surface area contributed by atoms with Crippen LogP contribution in [-0.2, 0) is 9.53 Å². The largest absolute Gasteiger partial charge is 0.367 e. The van der Waals surface area contributed by atoms with Crippen LogP contribution in [0.4, 0.5) is 5.82 Å². The van der Waals surface area contributed by atoms with Crippen LogP contribution in [0.5, 0.6) is 0 Å². The van der Waals surface area contributed by atoms with Crippen LogP contribution in [-0.4, -0.2) is 36.7 Å². The lowest BCUT2D eigenvalue weighted by Gasteiger charge is -2.32. The van der Waals surface area contributed by atoms with Crippen molar-refractivity contribution < 1.29 is 9.53 Å². The van der Waals surface area contributed by atoms with Crippen molar-refractivity contribution >= 4 is 23.3 Å². The molecule has 1 aliphatic heterocycles. The summed E-state index contributed by atoms with van der Waals surface area (Å²) in [5.41, 5.74) is 5.37. The van der Waals surface area contributed by atoms with E-state index in [9.17, 15) is 4.79 Å². The highest BCUT2D eigenvalue weighted by Crippen LogP contribution is 2.20. The Kier molecular flexibility index (Phi) is 3.65. The lowest BCUT2D eigenvalue weighted by molar-refractivity contribution is -0.130. The number of hydrogen-bond donors (Lipinski definition) is 1. The van der Waals surface area contributed by atoms with E-state index in [1.807, 2.05) is 11.0 Å². The van der Waals surface area contributed by atoms with E-state index in [2.05, 4.69) is 4.98 Å². The Morgan fingerprint density at radius 3 is 3.11 bits per heavy atom. The quantitative estimate of drug-likeness (QED) is 0.831. The molecular formula is C11H11ClN4O2. The predicted octanol–water partition coefficient (Wildman–Crippen LogP) is 0.297. The highest BCUT2D eigenvalue weighted by atomic mass is 35.5. The molecule has 0 saturated carbocycles. The van der Waals surface area contributed by atoms with Gasteiger partial charge in [0.05, 0.1) is 18.2 Å². The third-order valence-corrected chi connectivity index (χ3v) is 2.95. The molecule has 1 aliphatic rings. The standard InChI is InChI=1S/C11H11ClN4O2/c12-7-1-2-10(15-8(7)5-13)16-3-4-18-9(6-16)11(14)17/h1-2,9H,3-4,6H2,(H2,14,17)/t9-/m0/s1. The number of carbonyl (C=O) groups excluding carboxylic acids is 1. The molecular weight excluding hydrogens is 256 g/mol. The van der Waals surface area contributed by atoms with Gasteiger partial charge in [0.25, 0.3) is 0 Å². The Hall–Kier alpha value is -1.84. The maximum Gasteiger partial charge on any atom is 0.248 e. The summed E-state index contributed by atoms with van der Waals surface area (Å²) in [5, 5.41) is 9.17. The summed E-state index contributed by atoms with van der Waals surface area (Å²) in [4.78, 5) is 17.1. The van der Waals surface area contributed by atoms with Crippen LogP contribution < -0.4 is 10.6 Å². The van der Waals surface area contributed by atoms with Crippen molar-refractivity contribution in [3.63, 3.8) is 0 Å². The Bertz CT molecular complexity index is 514. The number of nitrogens with two attached hydrogens (primary N) is 1. The van der Waals surface area contributed by atoms with Crippen LogP contribution in [0.15, 0.2) is 12.1 Å². The van der Waals surface area contributed by atoms with Gasteiger partial charge in [-0.15, -0.1) is 0 Å². The van der Waals surface area contributed by atoms with Gasteiger partial charge in [0.15, 0.2) is 11.8 Å². The van der Waals surface area contributed by atoms with Gasteiger partial charge in [-0.3, -0.25) is 4.79 Å². The molecule has 2 rings (SSSR count). The summed E-state index contributed by atoms with van der Waals surface area (Å²) >= 11 is 5.81. The van der Waals surface area contributed by atoms with E-state index in [1.54, 1.807) is 12.1 Å². The first-order valence-corrected chi connectivity index (χ1v) is 5.72. The Balaban J connectivity index is 2.21. The third-order valence-electron chi connectivity index (χ3n) is 2.64. The second-order valence-corrected chi connectivity index (χ2v) is 4.23. The molecule has 0 bridgehead atoms. The summed E-state index contributed by atoms with van der Waals surface area (Å²) in [6.07, 6.45) is -0.651. The van der Waals surface area contributed by atoms with Crippen molar-refractivity contribution in [3.05, 3.63) is 22.8 Å². The zero-order valence-electron chi connectivity index (χ0n) is 9.47. The number of amides is 1. The van der Waals surface area contributed by atoms with Crippen molar-refractivity contribution in [2.24, 2.45) is 5.73 Å². The van der Waals surface area contributed by atoms with Crippen molar-refractivity contribution in [3.8, 4) is 6.07 Å². The van der Waals surface area contributed by atoms with Crippen molar-refractivity contribution in [1.82, 2.24) is 4.98 Å². The zero-order chi connectivity index (χ0) is 13.1. The van der Waals surface area contributed by atoms with Crippen LogP contribution in [0.3, 0.4) is 0 Å². The average Bonchev–Trinajstić information content (AvgIpc) is 2.39. The normalized spacial score (nSPS) is 19.3. The molecule has 1 aromatic rings. The molecule has 18 heavy (non-hydrogen) atoms. The van der Waals surface area contributed by atoms with Crippen LogP contribution in [0.25, 0.3) is 0 Å². The molecule has 94 valence electrons.